The molecule has 0 spiro atoms. The highest BCUT2D eigenvalue weighted by atomic mass is 79.9. The Hall–Kier alpha value is -2.12. The highest BCUT2D eigenvalue weighted by Crippen LogP contribution is 2.21. The molecule has 1 amide bonds. The van der Waals surface area contributed by atoms with Gasteiger partial charge in [-0.3, -0.25) is 9.59 Å². The second-order valence-corrected chi connectivity index (χ2v) is 7.06. The molecule has 1 heterocycles. The van der Waals surface area contributed by atoms with Crippen molar-refractivity contribution in [1.82, 2.24) is 9.97 Å². The van der Waals surface area contributed by atoms with E-state index in [-0.39, 0.29) is 17.2 Å². The van der Waals surface area contributed by atoms with Crippen LogP contribution in [0.25, 0.3) is 10.9 Å². The van der Waals surface area contributed by atoms with Crippen LogP contribution >= 0.6 is 27.7 Å². The van der Waals surface area contributed by atoms with Crippen molar-refractivity contribution >= 4 is 50.2 Å². The molecule has 0 saturated heterocycles. The van der Waals surface area contributed by atoms with E-state index < -0.39 is 0 Å². The van der Waals surface area contributed by atoms with Crippen LogP contribution in [-0.2, 0) is 4.79 Å². The van der Waals surface area contributed by atoms with Gasteiger partial charge in [-0.2, -0.15) is 0 Å². The smallest absolute Gasteiger partial charge is 0.259 e. The second kappa shape index (κ2) is 7.19. The van der Waals surface area contributed by atoms with Crippen LogP contribution < -0.4 is 10.9 Å². The lowest BCUT2D eigenvalue weighted by Gasteiger charge is -2.08. The summed E-state index contributed by atoms with van der Waals surface area (Å²) in [5, 5.41) is 3.83. The first-order valence-corrected chi connectivity index (χ1v) is 8.98. The molecule has 1 aromatic heterocycles. The normalized spacial score (nSPS) is 10.8. The van der Waals surface area contributed by atoms with Gasteiger partial charge in [0.25, 0.3) is 5.56 Å². The average Bonchev–Trinajstić information content (AvgIpc) is 2.56. The number of aryl methyl sites for hydroxylation is 1. The van der Waals surface area contributed by atoms with E-state index in [9.17, 15) is 9.59 Å². The number of fused-ring (bicyclic) bond motifs is 1. The van der Waals surface area contributed by atoms with E-state index in [1.807, 2.05) is 31.2 Å². The summed E-state index contributed by atoms with van der Waals surface area (Å²) in [5.41, 5.74) is 2.16. The van der Waals surface area contributed by atoms with E-state index in [4.69, 9.17) is 0 Å². The van der Waals surface area contributed by atoms with Gasteiger partial charge in [0.05, 0.1) is 16.7 Å². The van der Waals surface area contributed by atoms with Crippen LogP contribution in [0.15, 0.2) is 56.9 Å². The molecule has 0 bridgehead atoms. The van der Waals surface area contributed by atoms with Crippen LogP contribution in [-0.4, -0.2) is 21.6 Å². The van der Waals surface area contributed by atoms with Gasteiger partial charge in [0, 0.05) is 10.2 Å². The lowest BCUT2D eigenvalue weighted by molar-refractivity contribution is -0.113. The quantitative estimate of drug-likeness (QED) is 0.514. The van der Waals surface area contributed by atoms with Gasteiger partial charge in [-0.15, -0.1) is 0 Å². The topological polar surface area (TPSA) is 74.8 Å². The third-order valence-corrected chi connectivity index (χ3v) is 4.76. The third-order valence-electron chi connectivity index (χ3n) is 3.39. The summed E-state index contributed by atoms with van der Waals surface area (Å²) in [5.74, 6) is 0.0118. The Bertz CT molecular complexity index is 971. The van der Waals surface area contributed by atoms with Crippen LogP contribution in [0.3, 0.4) is 0 Å². The summed E-state index contributed by atoms with van der Waals surface area (Å²) in [6, 6.07) is 12.8. The molecule has 0 unspecified atom stereocenters. The number of carbonyl (C=O) groups excluding carboxylic acids is 1. The average molecular weight is 404 g/mol. The number of para-hydroxylation sites is 1. The lowest BCUT2D eigenvalue weighted by atomic mass is 10.2. The number of aromatic nitrogens is 2. The number of amides is 1. The van der Waals surface area contributed by atoms with Crippen molar-refractivity contribution in [2.45, 2.75) is 12.1 Å². The molecule has 0 aliphatic carbocycles. The number of benzene rings is 2. The van der Waals surface area contributed by atoms with Gasteiger partial charge in [-0.25, -0.2) is 4.98 Å². The van der Waals surface area contributed by atoms with E-state index in [1.165, 1.54) is 11.8 Å². The summed E-state index contributed by atoms with van der Waals surface area (Å²) >= 11 is 4.59. The fraction of sp³-hybridized carbons (Fsp3) is 0.118. The minimum atomic E-state index is -0.202. The number of nitrogens with one attached hydrogen (secondary N) is 2. The molecule has 0 aliphatic heterocycles. The fourth-order valence-electron chi connectivity index (χ4n) is 2.22. The Labute approximate surface area is 151 Å². The Kier molecular flexibility index (Phi) is 5.01. The van der Waals surface area contributed by atoms with Gasteiger partial charge in [0.1, 0.15) is 0 Å². The van der Waals surface area contributed by atoms with Crippen LogP contribution in [0.4, 0.5) is 5.69 Å². The van der Waals surface area contributed by atoms with Gasteiger partial charge in [0.2, 0.25) is 5.91 Å². The summed E-state index contributed by atoms with van der Waals surface area (Å²) in [7, 11) is 0. The summed E-state index contributed by atoms with van der Waals surface area (Å²) < 4.78 is 0.963. The number of carbonyl (C=O) groups is 1. The van der Waals surface area contributed by atoms with E-state index >= 15 is 0 Å². The molecule has 0 atom stereocenters. The first-order valence-electron chi connectivity index (χ1n) is 7.21. The SMILES string of the molecule is Cc1cc(Br)ccc1NC(=O)CSc1nc2ccccc2c(=O)[nH]1. The number of rotatable bonds is 4. The zero-order chi connectivity index (χ0) is 17.1. The largest absolute Gasteiger partial charge is 0.325 e. The van der Waals surface area contributed by atoms with E-state index in [0.29, 0.717) is 16.1 Å². The molecule has 122 valence electrons. The predicted molar refractivity (Wildman–Crippen MR) is 101 cm³/mol. The minimum Gasteiger partial charge on any atom is -0.325 e. The molecule has 0 fully saturated rings. The Morgan fingerprint density at radius 1 is 1.29 bits per heavy atom. The third kappa shape index (κ3) is 3.85. The molecule has 0 aliphatic rings. The number of H-pyrrole nitrogens is 1. The number of thioether (sulfide) groups is 1. The van der Waals surface area contributed by atoms with Gasteiger partial charge in [0.15, 0.2) is 5.16 Å². The molecule has 0 saturated carbocycles. The number of halogens is 1. The van der Waals surface area contributed by atoms with Crippen molar-refractivity contribution < 1.29 is 4.79 Å². The van der Waals surface area contributed by atoms with E-state index in [1.54, 1.807) is 18.2 Å². The van der Waals surface area contributed by atoms with Crippen molar-refractivity contribution in [1.29, 1.82) is 0 Å². The maximum Gasteiger partial charge on any atom is 0.259 e. The second-order valence-electron chi connectivity index (χ2n) is 5.18. The van der Waals surface area contributed by atoms with Crippen molar-refractivity contribution in [2.75, 3.05) is 11.1 Å². The standard InChI is InChI=1S/C17H14BrN3O2S/c1-10-8-11(18)6-7-13(10)19-15(22)9-24-17-20-14-5-3-2-4-12(14)16(23)21-17/h2-8H,9H2,1H3,(H,19,22)(H,20,21,23). The van der Waals surface area contributed by atoms with Crippen molar-refractivity contribution in [2.24, 2.45) is 0 Å². The fourth-order valence-corrected chi connectivity index (χ4v) is 3.36. The molecule has 2 N–H and O–H groups in total. The minimum absolute atomic E-state index is 0.152. The van der Waals surface area contributed by atoms with Crippen LogP contribution in [0, 0.1) is 6.92 Å². The lowest BCUT2D eigenvalue weighted by Crippen LogP contribution is -2.16. The van der Waals surface area contributed by atoms with Crippen LogP contribution in [0.2, 0.25) is 0 Å². The van der Waals surface area contributed by atoms with E-state index in [2.05, 4.69) is 31.2 Å². The Morgan fingerprint density at radius 2 is 2.08 bits per heavy atom. The van der Waals surface area contributed by atoms with Gasteiger partial charge >= 0.3 is 0 Å². The zero-order valence-corrected chi connectivity index (χ0v) is 15.2. The van der Waals surface area contributed by atoms with Crippen LogP contribution in [0.1, 0.15) is 5.56 Å². The number of hydrogen-bond donors (Lipinski definition) is 2. The number of aromatic amines is 1. The maximum absolute atomic E-state index is 12.1. The molecule has 0 radical (unpaired) electrons. The van der Waals surface area contributed by atoms with Crippen molar-refractivity contribution in [3.63, 3.8) is 0 Å². The molecule has 3 aromatic rings. The van der Waals surface area contributed by atoms with Crippen LogP contribution in [0.5, 0.6) is 0 Å². The van der Waals surface area contributed by atoms with Gasteiger partial charge in [-0.1, -0.05) is 39.8 Å². The molecule has 2 aromatic carbocycles. The summed E-state index contributed by atoms with van der Waals surface area (Å²) in [4.78, 5) is 31.2. The first kappa shape index (κ1) is 16.7. The first-order chi connectivity index (χ1) is 11.5. The number of hydrogen-bond acceptors (Lipinski definition) is 4. The van der Waals surface area contributed by atoms with Gasteiger partial charge in [-0.05, 0) is 42.8 Å². The maximum atomic E-state index is 12.1. The highest BCUT2D eigenvalue weighted by molar-refractivity contribution is 9.10. The van der Waals surface area contributed by atoms with E-state index in [0.717, 1.165) is 15.7 Å². The molecular formula is C17H14BrN3O2S. The molecular weight excluding hydrogens is 390 g/mol. The monoisotopic (exact) mass is 403 g/mol. The molecule has 5 nitrogen and oxygen atoms in total. The van der Waals surface area contributed by atoms with Crippen molar-refractivity contribution in [3.8, 4) is 0 Å². The molecule has 7 heteroatoms. The van der Waals surface area contributed by atoms with Gasteiger partial charge < -0.3 is 10.3 Å². The summed E-state index contributed by atoms with van der Waals surface area (Å²) in [6.45, 7) is 1.93. The Morgan fingerprint density at radius 3 is 2.88 bits per heavy atom. The Balaban J connectivity index is 1.69. The van der Waals surface area contributed by atoms with Crippen molar-refractivity contribution in [3.05, 3.63) is 62.9 Å². The molecule has 24 heavy (non-hydrogen) atoms. The summed E-state index contributed by atoms with van der Waals surface area (Å²) in [6.07, 6.45) is 0. The predicted octanol–water partition coefficient (Wildman–Crippen LogP) is 3.72. The number of nitrogens with zero attached hydrogens (tertiary/aromatic N) is 1. The molecule has 3 rings (SSSR count). The number of anilines is 1. The zero-order valence-electron chi connectivity index (χ0n) is 12.8. The highest BCUT2D eigenvalue weighted by Gasteiger charge is 2.09.